The molecule has 2 aromatic rings. The highest BCUT2D eigenvalue weighted by atomic mass is 32.2. The third-order valence-corrected chi connectivity index (χ3v) is 7.36. The Bertz CT molecular complexity index is 1140. The third-order valence-electron chi connectivity index (χ3n) is 5.82. The third kappa shape index (κ3) is 5.51. The van der Waals surface area contributed by atoms with E-state index in [-0.39, 0.29) is 40.1 Å². The van der Waals surface area contributed by atoms with Crippen LogP contribution in [0.3, 0.4) is 0 Å². The van der Waals surface area contributed by atoms with Gasteiger partial charge in [0.1, 0.15) is 16.5 Å². The first kappa shape index (κ1) is 23.2. The number of likely N-dealkylation sites (tertiary alicyclic amines) is 1. The molecule has 1 aliphatic carbocycles. The van der Waals surface area contributed by atoms with E-state index in [0.717, 1.165) is 12.8 Å². The van der Waals surface area contributed by atoms with E-state index >= 15 is 0 Å². The van der Waals surface area contributed by atoms with Crippen molar-refractivity contribution in [1.29, 1.82) is 0 Å². The number of hydrogen-bond acceptors (Lipinski definition) is 5. The number of rotatable bonds is 7. The molecule has 2 fully saturated rings. The minimum absolute atomic E-state index is 0.0517. The van der Waals surface area contributed by atoms with E-state index in [1.807, 2.05) is 0 Å². The number of piperidine rings is 1. The summed E-state index contributed by atoms with van der Waals surface area (Å²) in [4.78, 5) is 27.0. The number of amides is 2. The number of halogens is 1. The second-order valence-corrected chi connectivity index (χ2v) is 9.99. The van der Waals surface area contributed by atoms with Gasteiger partial charge in [-0.05, 0) is 68.1 Å². The molecule has 0 atom stereocenters. The lowest BCUT2D eigenvalue weighted by atomic mass is 10.0. The lowest BCUT2D eigenvalue weighted by Crippen LogP contribution is -2.46. The second kappa shape index (κ2) is 9.48. The quantitative estimate of drug-likeness (QED) is 0.640. The summed E-state index contributed by atoms with van der Waals surface area (Å²) in [6.45, 7) is 0.837. The van der Waals surface area contributed by atoms with Crippen LogP contribution in [0.15, 0.2) is 47.4 Å². The Balaban J connectivity index is 1.39. The zero-order valence-corrected chi connectivity index (χ0v) is 19.0. The highest BCUT2D eigenvalue weighted by Gasteiger charge is 2.31. The fourth-order valence-corrected chi connectivity index (χ4v) is 5.28. The molecule has 1 saturated carbocycles. The topological polar surface area (TPSA) is 105 Å². The van der Waals surface area contributed by atoms with Gasteiger partial charge >= 0.3 is 0 Å². The molecule has 0 radical (unpaired) electrons. The molecule has 176 valence electrons. The number of sulfonamides is 1. The van der Waals surface area contributed by atoms with Crippen LogP contribution in [0.5, 0.6) is 5.75 Å². The van der Waals surface area contributed by atoms with Crippen molar-refractivity contribution in [3.05, 3.63) is 59.4 Å². The normalized spacial score (nSPS) is 17.0. The number of hydrogen-bond donors (Lipinski definition) is 2. The zero-order chi connectivity index (χ0) is 23.6. The van der Waals surface area contributed by atoms with Crippen molar-refractivity contribution >= 4 is 21.8 Å². The summed E-state index contributed by atoms with van der Waals surface area (Å²) < 4.78 is 46.3. The first-order chi connectivity index (χ1) is 15.8. The largest absolute Gasteiger partial charge is 0.495 e. The molecule has 33 heavy (non-hydrogen) atoms. The smallest absolute Gasteiger partial charge is 0.253 e. The van der Waals surface area contributed by atoms with Crippen LogP contribution in [0.2, 0.25) is 0 Å². The minimum atomic E-state index is -3.79. The first-order valence-electron chi connectivity index (χ1n) is 10.8. The molecule has 1 saturated heterocycles. The summed E-state index contributed by atoms with van der Waals surface area (Å²) in [5, 5.41) is 2.92. The van der Waals surface area contributed by atoms with E-state index in [1.54, 1.807) is 11.0 Å². The molecule has 2 aromatic carbocycles. The molecule has 1 heterocycles. The van der Waals surface area contributed by atoms with Crippen LogP contribution in [-0.4, -0.2) is 57.4 Å². The fraction of sp³-hybridized carbons (Fsp3) is 0.391. The summed E-state index contributed by atoms with van der Waals surface area (Å²) in [6, 6.07) is 9.55. The van der Waals surface area contributed by atoms with E-state index in [9.17, 15) is 22.4 Å². The van der Waals surface area contributed by atoms with Gasteiger partial charge in [0.05, 0.1) is 7.11 Å². The molecule has 10 heteroatoms. The lowest BCUT2D eigenvalue weighted by molar-refractivity contribution is 0.0698. The monoisotopic (exact) mass is 475 g/mol. The van der Waals surface area contributed by atoms with Crippen LogP contribution in [-0.2, 0) is 10.0 Å². The van der Waals surface area contributed by atoms with Crippen LogP contribution in [0.25, 0.3) is 0 Å². The van der Waals surface area contributed by atoms with E-state index < -0.39 is 15.8 Å². The molecule has 2 N–H and O–H groups in total. The Morgan fingerprint density at radius 3 is 2.21 bits per heavy atom. The van der Waals surface area contributed by atoms with Crippen molar-refractivity contribution in [3.8, 4) is 5.75 Å². The molecular weight excluding hydrogens is 449 g/mol. The maximum atomic E-state index is 13.0. The van der Waals surface area contributed by atoms with Gasteiger partial charge in [0.15, 0.2) is 0 Å². The Hall–Kier alpha value is -2.98. The van der Waals surface area contributed by atoms with Crippen LogP contribution in [0, 0.1) is 5.82 Å². The average Bonchev–Trinajstić information content (AvgIpc) is 3.62. The molecule has 4 rings (SSSR count). The highest BCUT2D eigenvalue weighted by Crippen LogP contribution is 2.29. The molecule has 1 aliphatic heterocycles. The van der Waals surface area contributed by atoms with Crippen LogP contribution < -0.4 is 14.8 Å². The number of ether oxygens (including phenoxy) is 1. The van der Waals surface area contributed by atoms with Gasteiger partial charge in [-0.1, -0.05) is 0 Å². The molecule has 0 spiro atoms. The SMILES string of the molecule is COc1ccc(C(=O)N2CCC(NC(=O)c3ccc(F)cc3)CC2)cc1S(=O)(=O)NC1CC1. The van der Waals surface area contributed by atoms with Gasteiger partial charge < -0.3 is 15.0 Å². The summed E-state index contributed by atoms with van der Waals surface area (Å²) >= 11 is 0. The van der Waals surface area contributed by atoms with Gasteiger partial charge in [0.25, 0.3) is 11.8 Å². The van der Waals surface area contributed by atoms with Crippen molar-refractivity contribution in [3.63, 3.8) is 0 Å². The standard InChI is InChI=1S/C23H26FN3O5S/c1-32-20-9-4-16(14-21(20)33(30,31)26-19-7-8-19)23(29)27-12-10-18(11-13-27)25-22(28)15-2-5-17(24)6-3-15/h2-6,9,14,18-19,26H,7-8,10-13H2,1H3,(H,25,28). The summed E-state index contributed by atoms with van der Waals surface area (Å²) in [5.74, 6) is -0.783. The molecule has 0 unspecified atom stereocenters. The molecule has 2 amide bonds. The van der Waals surface area contributed by atoms with Crippen LogP contribution >= 0.6 is 0 Å². The average molecular weight is 476 g/mol. The van der Waals surface area contributed by atoms with Crippen LogP contribution in [0.1, 0.15) is 46.4 Å². The number of nitrogens with zero attached hydrogens (tertiary/aromatic N) is 1. The number of carbonyl (C=O) groups excluding carboxylic acids is 2. The Morgan fingerprint density at radius 1 is 0.970 bits per heavy atom. The maximum absolute atomic E-state index is 13.0. The number of methoxy groups -OCH3 is 1. The predicted octanol–water partition coefficient (Wildman–Crippen LogP) is 2.31. The molecule has 8 nitrogen and oxygen atoms in total. The zero-order valence-electron chi connectivity index (χ0n) is 18.2. The highest BCUT2D eigenvalue weighted by molar-refractivity contribution is 7.89. The number of nitrogens with one attached hydrogen (secondary N) is 2. The Morgan fingerprint density at radius 2 is 1.61 bits per heavy atom. The van der Waals surface area contributed by atoms with Crippen molar-refractivity contribution in [2.45, 2.75) is 42.7 Å². The number of benzene rings is 2. The van der Waals surface area contributed by atoms with Crippen molar-refractivity contribution in [2.24, 2.45) is 0 Å². The summed E-state index contributed by atoms with van der Waals surface area (Å²) in [7, 11) is -2.41. The van der Waals surface area contributed by atoms with E-state index in [2.05, 4.69) is 10.0 Å². The van der Waals surface area contributed by atoms with Gasteiger partial charge in [-0.2, -0.15) is 0 Å². The van der Waals surface area contributed by atoms with Crippen molar-refractivity contribution in [2.75, 3.05) is 20.2 Å². The van der Waals surface area contributed by atoms with E-state index in [0.29, 0.717) is 31.5 Å². The summed E-state index contributed by atoms with van der Waals surface area (Å²) in [6.07, 6.45) is 2.71. The Labute approximate surface area is 192 Å². The second-order valence-electron chi connectivity index (χ2n) is 8.31. The fourth-order valence-electron chi connectivity index (χ4n) is 3.78. The number of carbonyl (C=O) groups is 2. The van der Waals surface area contributed by atoms with Gasteiger partial charge in [-0.3, -0.25) is 9.59 Å². The van der Waals surface area contributed by atoms with Gasteiger partial charge in [0, 0.05) is 36.3 Å². The van der Waals surface area contributed by atoms with Crippen molar-refractivity contribution in [1.82, 2.24) is 14.9 Å². The minimum Gasteiger partial charge on any atom is -0.495 e. The summed E-state index contributed by atoms with van der Waals surface area (Å²) in [5.41, 5.74) is 0.641. The lowest BCUT2D eigenvalue weighted by Gasteiger charge is -2.32. The predicted molar refractivity (Wildman–Crippen MR) is 119 cm³/mol. The van der Waals surface area contributed by atoms with Gasteiger partial charge in [0.2, 0.25) is 10.0 Å². The van der Waals surface area contributed by atoms with E-state index in [1.165, 1.54) is 43.5 Å². The van der Waals surface area contributed by atoms with Crippen molar-refractivity contribution < 1.29 is 27.1 Å². The van der Waals surface area contributed by atoms with E-state index in [4.69, 9.17) is 4.74 Å². The van der Waals surface area contributed by atoms with Crippen LogP contribution in [0.4, 0.5) is 4.39 Å². The molecule has 0 bridgehead atoms. The van der Waals surface area contributed by atoms with Gasteiger partial charge in [-0.25, -0.2) is 17.5 Å². The first-order valence-corrected chi connectivity index (χ1v) is 12.3. The Kier molecular flexibility index (Phi) is 6.66. The van der Waals surface area contributed by atoms with Gasteiger partial charge in [-0.15, -0.1) is 0 Å². The maximum Gasteiger partial charge on any atom is 0.253 e. The molecule has 2 aliphatic rings. The molecule has 0 aromatic heterocycles. The molecular formula is C23H26FN3O5S.